The lowest BCUT2D eigenvalue weighted by Crippen LogP contribution is -2.32. The predicted octanol–water partition coefficient (Wildman–Crippen LogP) is 5.44. The van der Waals surface area contributed by atoms with Gasteiger partial charge in [-0.25, -0.2) is 0 Å². The Hall–Kier alpha value is -3.18. The first-order valence-corrected chi connectivity index (χ1v) is 10.8. The number of hydrogen-bond acceptors (Lipinski definition) is 4. The largest absolute Gasteiger partial charge is 0.340 e. The molecule has 1 atom stereocenters. The first kappa shape index (κ1) is 20.1. The van der Waals surface area contributed by atoms with Gasteiger partial charge in [-0.05, 0) is 12.5 Å². The molecule has 0 aliphatic heterocycles. The Morgan fingerprint density at radius 2 is 1.47 bits per heavy atom. The van der Waals surface area contributed by atoms with Crippen LogP contribution in [-0.4, -0.2) is 33.3 Å². The molecule has 30 heavy (non-hydrogen) atoms. The van der Waals surface area contributed by atoms with Crippen LogP contribution in [0.2, 0.25) is 0 Å². The summed E-state index contributed by atoms with van der Waals surface area (Å²) in [4.78, 5) is 14.7. The normalized spacial score (nSPS) is 11.9. The Morgan fingerprint density at radius 3 is 2.17 bits per heavy atom. The fourth-order valence-electron chi connectivity index (χ4n) is 3.44. The molecule has 0 bridgehead atoms. The van der Waals surface area contributed by atoms with Crippen molar-refractivity contribution in [2.45, 2.75) is 23.7 Å². The van der Waals surface area contributed by atoms with Gasteiger partial charge in [-0.1, -0.05) is 96.7 Å². The summed E-state index contributed by atoms with van der Waals surface area (Å²) in [6, 6.07) is 28.2. The Bertz CT molecular complexity index is 1150. The van der Waals surface area contributed by atoms with E-state index in [0.717, 1.165) is 32.6 Å². The summed E-state index contributed by atoms with van der Waals surface area (Å²) in [7, 11) is 1.84. The van der Waals surface area contributed by atoms with Crippen molar-refractivity contribution in [2.75, 3.05) is 7.05 Å². The molecule has 0 saturated heterocycles. The van der Waals surface area contributed by atoms with Crippen LogP contribution < -0.4 is 0 Å². The zero-order chi connectivity index (χ0) is 20.9. The summed E-state index contributed by atoms with van der Waals surface area (Å²) in [5, 5.41) is 11.6. The summed E-state index contributed by atoms with van der Waals surface area (Å²) in [5.74, 6) is 0.0712. The summed E-state index contributed by atoms with van der Waals surface area (Å²) >= 11 is 1.46. The lowest BCUT2D eigenvalue weighted by Gasteiger charge is -2.21. The Balaban J connectivity index is 1.57. The second-order valence-corrected chi connectivity index (χ2v) is 8.53. The van der Waals surface area contributed by atoms with E-state index in [1.807, 2.05) is 92.8 Å². The summed E-state index contributed by atoms with van der Waals surface area (Å²) < 4.78 is 0. The Kier molecular flexibility index (Phi) is 6.10. The molecular weight excluding hydrogens is 390 g/mol. The number of carbonyl (C=O) groups is 1. The van der Waals surface area contributed by atoms with Gasteiger partial charge in [-0.2, -0.15) is 0 Å². The molecule has 0 aliphatic carbocycles. The van der Waals surface area contributed by atoms with E-state index in [2.05, 4.69) is 16.3 Å². The average Bonchev–Trinajstić information content (AvgIpc) is 2.80. The van der Waals surface area contributed by atoms with Crippen molar-refractivity contribution in [2.24, 2.45) is 0 Å². The van der Waals surface area contributed by atoms with Gasteiger partial charge in [-0.15, -0.1) is 10.2 Å². The van der Waals surface area contributed by atoms with Crippen molar-refractivity contribution in [3.8, 4) is 11.3 Å². The number of benzene rings is 3. The molecule has 0 unspecified atom stereocenters. The van der Waals surface area contributed by atoms with E-state index in [1.54, 1.807) is 4.90 Å². The summed E-state index contributed by atoms with van der Waals surface area (Å²) in [5.41, 5.74) is 3.00. The smallest absolute Gasteiger partial charge is 0.235 e. The molecule has 5 heteroatoms. The van der Waals surface area contributed by atoms with Gasteiger partial charge in [0.05, 0.1) is 5.25 Å². The molecular formula is C25H23N3OS. The van der Waals surface area contributed by atoms with Gasteiger partial charge in [0.2, 0.25) is 5.91 Å². The molecule has 4 aromatic rings. The van der Waals surface area contributed by atoms with E-state index in [1.165, 1.54) is 11.8 Å². The highest BCUT2D eigenvalue weighted by Gasteiger charge is 2.21. The van der Waals surface area contributed by atoms with Crippen LogP contribution in [0.5, 0.6) is 0 Å². The monoisotopic (exact) mass is 413 g/mol. The quantitative estimate of drug-likeness (QED) is 0.395. The molecule has 0 N–H and O–H groups in total. The van der Waals surface area contributed by atoms with E-state index in [4.69, 9.17) is 0 Å². The fourth-order valence-corrected chi connectivity index (χ4v) is 4.45. The van der Waals surface area contributed by atoms with Crippen molar-refractivity contribution in [3.05, 3.63) is 90.5 Å². The molecule has 3 aromatic carbocycles. The number of nitrogens with zero attached hydrogens (tertiary/aromatic N) is 3. The second-order valence-electron chi connectivity index (χ2n) is 7.21. The van der Waals surface area contributed by atoms with Crippen LogP contribution in [0.15, 0.2) is 90.0 Å². The van der Waals surface area contributed by atoms with Crippen molar-refractivity contribution >= 4 is 28.4 Å². The highest BCUT2D eigenvalue weighted by atomic mass is 32.2. The number of aromatic nitrogens is 2. The van der Waals surface area contributed by atoms with E-state index in [-0.39, 0.29) is 11.2 Å². The molecule has 4 nitrogen and oxygen atoms in total. The van der Waals surface area contributed by atoms with Crippen molar-refractivity contribution in [1.82, 2.24) is 15.1 Å². The lowest BCUT2D eigenvalue weighted by molar-refractivity contribution is -0.129. The van der Waals surface area contributed by atoms with Crippen molar-refractivity contribution in [1.29, 1.82) is 0 Å². The Labute approximate surface area is 181 Å². The fraction of sp³-hybridized carbons (Fsp3) is 0.160. The number of fused-ring (bicyclic) bond motifs is 1. The molecule has 150 valence electrons. The molecule has 4 rings (SSSR count). The van der Waals surface area contributed by atoms with Crippen molar-refractivity contribution in [3.63, 3.8) is 0 Å². The van der Waals surface area contributed by atoms with Gasteiger partial charge >= 0.3 is 0 Å². The zero-order valence-electron chi connectivity index (χ0n) is 17.0. The van der Waals surface area contributed by atoms with Crippen LogP contribution in [-0.2, 0) is 11.3 Å². The minimum absolute atomic E-state index is 0.0712. The van der Waals surface area contributed by atoms with Crippen LogP contribution in [0.4, 0.5) is 0 Å². The van der Waals surface area contributed by atoms with Gasteiger partial charge in [0.15, 0.2) is 0 Å². The third kappa shape index (κ3) is 4.36. The third-order valence-corrected chi connectivity index (χ3v) is 6.06. The van der Waals surface area contributed by atoms with Gasteiger partial charge in [0, 0.05) is 29.9 Å². The number of amides is 1. The molecule has 1 amide bonds. The second kappa shape index (κ2) is 9.09. The van der Waals surface area contributed by atoms with E-state index in [9.17, 15) is 4.79 Å². The van der Waals surface area contributed by atoms with E-state index >= 15 is 0 Å². The maximum absolute atomic E-state index is 12.9. The van der Waals surface area contributed by atoms with Gasteiger partial charge < -0.3 is 4.90 Å². The van der Waals surface area contributed by atoms with Crippen LogP contribution in [0.3, 0.4) is 0 Å². The highest BCUT2D eigenvalue weighted by Crippen LogP contribution is 2.33. The average molecular weight is 414 g/mol. The number of carbonyl (C=O) groups excluding carboxylic acids is 1. The number of thioether (sulfide) groups is 1. The molecule has 0 saturated carbocycles. The van der Waals surface area contributed by atoms with Crippen LogP contribution in [0, 0.1) is 0 Å². The summed E-state index contributed by atoms with van der Waals surface area (Å²) in [6.07, 6.45) is 0. The minimum Gasteiger partial charge on any atom is -0.340 e. The van der Waals surface area contributed by atoms with E-state index in [0.29, 0.717) is 6.54 Å². The predicted molar refractivity (Wildman–Crippen MR) is 123 cm³/mol. The first-order valence-electron chi connectivity index (χ1n) is 9.90. The zero-order valence-corrected chi connectivity index (χ0v) is 17.8. The van der Waals surface area contributed by atoms with Crippen LogP contribution in [0.1, 0.15) is 12.5 Å². The van der Waals surface area contributed by atoms with Gasteiger partial charge in [-0.3, -0.25) is 4.79 Å². The maximum atomic E-state index is 12.9. The first-order chi connectivity index (χ1) is 14.6. The number of rotatable bonds is 6. The van der Waals surface area contributed by atoms with E-state index < -0.39 is 0 Å². The maximum Gasteiger partial charge on any atom is 0.235 e. The SMILES string of the molecule is C[C@@H](Sc1nnc(-c2ccccc2)c2ccccc12)C(=O)N(C)Cc1ccccc1. The van der Waals surface area contributed by atoms with Crippen molar-refractivity contribution < 1.29 is 4.79 Å². The Morgan fingerprint density at radius 1 is 0.867 bits per heavy atom. The van der Waals surface area contributed by atoms with Gasteiger partial charge in [0.25, 0.3) is 0 Å². The van der Waals surface area contributed by atoms with Gasteiger partial charge in [0.1, 0.15) is 10.7 Å². The molecule has 1 aromatic heterocycles. The van der Waals surface area contributed by atoms with Crippen LogP contribution >= 0.6 is 11.8 Å². The number of hydrogen-bond donors (Lipinski definition) is 0. The molecule has 0 spiro atoms. The standard InChI is InChI=1S/C25H23N3OS/c1-18(25(29)28(2)17-19-11-5-3-6-12-19)30-24-22-16-10-9-15-21(22)23(26-27-24)20-13-7-4-8-14-20/h3-16,18H,17H2,1-2H3/t18-/m1/s1. The van der Waals surface area contributed by atoms with Crippen LogP contribution in [0.25, 0.3) is 22.0 Å². The topological polar surface area (TPSA) is 46.1 Å². The highest BCUT2D eigenvalue weighted by molar-refractivity contribution is 8.00. The summed E-state index contributed by atoms with van der Waals surface area (Å²) in [6.45, 7) is 2.51. The lowest BCUT2D eigenvalue weighted by atomic mass is 10.1. The molecule has 1 heterocycles. The minimum atomic E-state index is -0.265. The molecule has 0 radical (unpaired) electrons. The molecule has 0 fully saturated rings. The molecule has 0 aliphatic rings. The third-order valence-electron chi connectivity index (χ3n) is 4.98.